The molecule has 1 amide bonds. The quantitative estimate of drug-likeness (QED) is 0.449. The van der Waals surface area contributed by atoms with Crippen molar-refractivity contribution in [3.05, 3.63) is 81.9 Å². The van der Waals surface area contributed by atoms with Crippen molar-refractivity contribution in [2.24, 2.45) is 0 Å². The number of amides is 1. The van der Waals surface area contributed by atoms with E-state index >= 15 is 0 Å². The first-order chi connectivity index (χ1) is 16.0. The Balaban J connectivity index is 1.59. The van der Waals surface area contributed by atoms with Gasteiger partial charge in [0.15, 0.2) is 11.5 Å². The van der Waals surface area contributed by atoms with E-state index in [-0.39, 0.29) is 24.0 Å². The topological polar surface area (TPSA) is 103 Å². The van der Waals surface area contributed by atoms with Crippen LogP contribution in [0.2, 0.25) is 0 Å². The Morgan fingerprint density at radius 1 is 1.12 bits per heavy atom. The number of methoxy groups -OCH3 is 1. The number of nitro groups is 1. The highest BCUT2D eigenvalue weighted by Gasteiger charge is 2.38. The Labute approximate surface area is 189 Å². The van der Waals surface area contributed by atoms with Gasteiger partial charge in [-0.05, 0) is 48.4 Å². The van der Waals surface area contributed by atoms with Crippen LogP contribution in [0.3, 0.4) is 0 Å². The van der Waals surface area contributed by atoms with E-state index in [9.17, 15) is 14.9 Å². The zero-order valence-corrected chi connectivity index (χ0v) is 17.8. The molecule has 33 heavy (non-hydrogen) atoms. The van der Waals surface area contributed by atoms with Crippen LogP contribution < -0.4 is 24.4 Å². The average molecular weight is 447 g/mol. The average Bonchev–Trinajstić information content (AvgIpc) is 3.46. The number of hydrogen-bond acceptors (Lipinski definition) is 7. The molecule has 0 saturated carbocycles. The van der Waals surface area contributed by atoms with Crippen molar-refractivity contribution in [1.82, 2.24) is 0 Å². The van der Waals surface area contributed by atoms with Crippen LogP contribution in [0, 0.1) is 10.1 Å². The van der Waals surface area contributed by atoms with Crippen molar-refractivity contribution >= 4 is 23.0 Å². The van der Waals surface area contributed by atoms with E-state index in [0.717, 1.165) is 17.7 Å². The molecule has 0 fully saturated rings. The lowest BCUT2D eigenvalue weighted by atomic mass is 10.0. The van der Waals surface area contributed by atoms with Gasteiger partial charge in [-0.1, -0.05) is 18.2 Å². The first kappa shape index (κ1) is 20.6. The summed E-state index contributed by atoms with van der Waals surface area (Å²) in [6.45, 7) is 0.525. The summed E-state index contributed by atoms with van der Waals surface area (Å²) in [6, 6.07) is 16.6. The molecule has 0 saturated heterocycles. The standard InChI is InChI=1S/C24H21N3O6/c1-31-17-8-6-16(7-9-17)25-24(28)23(26-11-10-15-4-2-3-5-19(15)26)18-12-21-22(33-14-32-21)13-20(18)27(29)30/h2-9,12-13,23H,10-11,14H2,1H3,(H,25,28)/t23-/m0/s1. The zero-order chi connectivity index (χ0) is 22.9. The van der Waals surface area contributed by atoms with E-state index in [2.05, 4.69) is 5.32 Å². The van der Waals surface area contributed by atoms with Gasteiger partial charge in [0.1, 0.15) is 11.8 Å². The number of nitro benzene ring substituents is 1. The van der Waals surface area contributed by atoms with Crippen LogP contribution in [0.1, 0.15) is 17.2 Å². The summed E-state index contributed by atoms with van der Waals surface area (Å²) in [5.74, 6) is 0.940. The number of carbonyl (C=O) groups is 1. The molecule has 9 nitrogen and oxygen atoms in total. The lowest BCUT2D eigenvalue weighted by Gasteiger charge is -2.29. The van der Waals surface area contributed by atoms with Crippen molar-refractivity contribution in [3.63, 3.8) is 0 Å². The molecule has 0 bridgehead atoms. The number of nitrogens with one attached hydrogen (secondary N) is 1. The number of rotatable bonds is 6. The highest BCUT2D eigenvalue weighted by Crippen LogP contribution is 2.44. The minimum Gasteiger partial charge on any atom is -0.497 e. The molecule has 1 N–H and O–H groups in total. The number of benzene rings is 3. The molecule has 0 spiro atoms. The molecular formula is C24H21N3O6. The molecule has 2 aliphatic heterocycles. The van der Waals surface area contributed by atoms with Crippen LogP contribution >= 0.6 is 0 Å². The largest absolute Gasteiger partial charge is 0.497 e. The third-order valence-corrected chi connectivity index (χ3v) is 5.85. The van der Waals surface area contributed by atoms with Gasteiger partial charge >= 0.3 is 0 Å². The second-order valence-corrected chi connectivity index (χ2v) is 7.71. The van der Waals surface area contributed by atoms with Crippen LogP contribution in [0.5, 0.6) is 17.2 Å². The number of ether oxygens (including phenoxy) is 3. The summed E-state index contributed by atoms with van der Waals surface area (Å²) in [5, 5.41) is 14.9. The maximum atomic E-state index is 13.7. The minimum atomic E-state index is -0.953. The van der Waals surface area contributed by atoms with Crippen molar-refractivity contribution in [3.8, 4) is 17.2 Å². The number of carbonyl (C=O) groups excluding carboxylic acids is 1. The van der Waals surface area contributed by atoms with Gasteiger partial charge in [-0.2, -0.15) is 0 Å². The molecule has 2 heterocycles. The fraction of sp³-hybridized carbons (Fsp3) is 0.208. The molecule has 0 aromatic heterocycles. The molecule has 3 aromatic carbocycles. The van der Waals surface area contributed by atoms with Crippen molar-refractivity contribution < 1.29 is 23.9 Å². The summed E-state index contributed by atoms with van der Waals surface area (Å²) in [5.41, 5.74) is 2.56. The van der Waals surface area contributed by atoms with Gasteiger partial charge in [-0.25, -0.2) is 0 Å². The van der Waals surface area contributed by atoms with E-state index < -0.39 is 11.0 Å². The summed E-state index contributed by atoms with van der Waals surface area (Å²) in [4.78, 5) is 27.1. The van der Waals surface area contributed by atoms with E-state index in [1.165, 1.54) is 6.07 Å². The van der Waals surface area contributed by atoms with E-state index in [4.69, 9.17) is 14.2 Å². The van der Waals surface area contributed by atoms with Gasteiger partial charge in [0.05, 0.1) is 23.7 Å². The van der Waals surface area contributed by atoms with E-state index in [0.29, 0.717) is 29.5 Å². The van der Waals surface area contributed by atoms with E-state index in [1.54, 1.807) is 37.4 Å². The zero-order valence-electron chi connectivity index (χ0n) is 17.8. The van der Waals surface area contributed by atoms with Gasteiger partial charge in [-0.3, -0.25) is 14.9 Å². The Morgan fingerprint density at radius 2 is 1.85 bits per heavy atom. The lowest BCUT2D eigenvalue weighted by molar-refractivity contribution is -0.385. The Kier molecular flexibility index (Phi) is 5.21. The molecule has 0 radical (unpaired) electrons. The Bertz CT molecular complexity index is 1230. The third kappa shape index (κ3) is 3.78. The smallest absolute Gasteiger partial charge is 0.279 e. The van der Waals surface area contributed by atoms with Crippen LogP contribution in [0.4, 0.5) is 17.1 Å². The van der Waals surface area contributed by atoms with Gasteiger partial charge < -0.3 is 24.4 Å². The van der Waals surface area contributed by atoms with Crippen molar-refractivity contribution in [2.45, 2.75) is 12.5 Å². The fourth-order valence-electron chi connectivity index (χ4n) is 4.29. The Hall–Kier alpha value is -4.27. The van der Waals surface area contributed by atoms with Crippen molar-refractivity contribution in [1.29, 1.82) is 0 Å². The molecular weight excluding hydrogens is 426 g/mol. The molecule has 1 atom stereocenters. The molecule has 9 heteroatoms. The first-order valence-electron chi connectivity index (χ1n) is 10.4. The molecule has 0 unspecified atom stereocenters. The maximum absolute atomic E-state index is 13.7. The summed E-state index contributed by atoms with van der Waals surface area (Å²) in [6.07, 6.45) is 0.737. The van der Waals surface area contributed by atoms with Crippen LogP contribution in [-0.2, 0) is 11.2 Å². The van der Waals surface area contributed by atoms with Crippen molar-refractivity contribution in [2.75, 3.05) is 30.7 Å². The van der Waals surface area contributed by atoms with Gasteiger partial charge in [-0.15, -0.1) is 0 Å². The predicted molar refractivity (Wildman–Crippen MR) is 121 cm³/mol. The second kappa shape index (κ2) is 8.34. The summed E-state index contributed by atoms with van der Waals surface area (Å²) >= 11 is 0. The van der Waals surface area contributed by atoms with Crippen LogP contribution in [0.15, 0.2) is 60.7 Å². The second-order valence-electron chi connectivity index (χ2n) is 7.71. The highest BCUT2D eigenvalue weighted by molar-refractivity contribution is 5.99. The molecule has 5 rings (SSSR count). The SMILES string of the molecule is COc1ccc(NC(=O)[C@H](c2cc3c(cc2[N+](=O)[O-])OCO3)N2CCc3ccccc32)cc1. The number of fused-ring (bicyclic) bond motifs is 2. The summed E-state index contributed by atoms with van der Waals surface area (Å²) < 4.78 is 16.0. The lowest BCUT2D eigenvalue weighted by Crippen LogP contribution is -2.36. The monoisotopic (exact) mass is 447 g/mol. The van der Waals surface area contributed by atoms with Crippen LogP contribution in [0.25, 0.3) is 0 Å². The number of anilines is 2. The predicted octanol–water partition coefficient (Wildman–Crippen LogP) is 4.07. The van der Waals surface area contributed by atoms with Gasteiger partial charge in [0.25, 0.3) is 11.6 Å². The normalized spacial score (nSPS) is 14.5. The molecule has 168 valence electrons. The number of nitrogens with zero attached hydrogens (tertiary/aromatic N) is 2. The molecule has 2 aliphatic rings. The maximum Gasteiger partial charge on any atom is 0.279 e. The first-order valence-corrected chi connectivity index (χ1v) is 10.4. The highest BCUT2D eigenvalue weighted by atomic mass is 16.7. The fourth-order valence-corrected chi connectivity index (χ4v) is 4.29. The minimum absolute atomic E-state index is 0.0226. The van der Waals surface area contributed by atoms with Gasteiger partial charge in [0, 0.05) is 17.9 Å². The molecule has 3 aromatic rings. The van der Waals surface area contributed by atoms with Crippen LogP contribution in [-0.4, -0.2) is 31.3 Å². The number of hydrogen-bond donors (Lipinski definition) is 1. The summed E-state index contributed by atoms with van der Waals surface area (Å²) in [7, 11) is 1.56. The van der Waals surface area contributed by atoms with Gasteiger partial charge in [0.2, 0.25) is 6.79 Å². The molecule has 0 aliphatic carbocycles. The third-order valence-electron chi connectivity index (χ3n) is 5.85. The number of para-hydroxylation sites is 1. The Morgan fingerprint density at radius 3 is 2.58 bits per heavy atom. The van der Waals surface area contributed by atoms with E-state index in [1.807, 2.05) is 29.2 Å².